The molecule has 0 saturated carbocycles. The molecule has 1 atom stereocenters. The molecule has 0 radical (unpaired) electrons. The zero-order chi connectivity index (χ0) is 10.6. The Morgan fingerprint density at radius 1 is 1.36 bits per heavy atom. The molecule has 0 N–H and O–H groups in total. The summed E-state index contributed by atoms with van der Waals surface area (Å²) in [6.07, 6.45) is 5.65. The summed E-state index contributed by atoms with van der Waals surface area (Å²) in [5.41, 5.74) is 0. The fraction of sp³-hybridized carbons (Fsp3) is 1.00. The second-order valence-corrected chi connectivity index (χ2v) is 8.93. The second-order valence-electron chi connectivity index (χ2n) is 4.45. The molecule has 1 rings (SSSR count). The summed E-state index contributed by atoms with van der Waals surface area (Å²) in [5, 5.41) is 0.382. The van der Waals surface area contributed by atoms with Crippen molar-refractivity contribution in [1.29, 1.82) is 0 Å². The van der Waals surface area contributed by atoms with Gasteiger partial charge >= 0.3 is 0 Å². The average Bonchev–Trinajstić information content (AvgIpc) is 2.39. The van der Waals surface area contributed by atoms with Crippen LogP contribution in [0.1, 0.15) is 46.0 Å². The molecule has 2 nitrogen and oxygen atoms in total. The lowest BCUT2D eigenvalue weighted by Crippen LogP contribution is -1.97. The monoisotopic (exact) mass is 236 g/mol. The van der Waals surface area contributed by atoms with Crippen molar-refractivity contribution < 1.29 is 8.42 Å². The minimum atomic E-state index is -2.73. The van der Waals surface area contributed by atoms with E-state index in [1.165, 1.54) is 30.1 Å². The van der Waals surface area contributed by atoms with Crippen molar-refractivity contribution in [3.05, 3.63) is 0 Å². The Kier molecular flexibility index (Phi) is 4.77. The largest absolute Gasteiger partial charge is 0.217 e. The van der Waals surface area contributed by atoms with Crippen LogP contribution in [0.4, 0.5) is 0 Å². The minimum Gasteiger partial charge on any atom is -0.217 e. The van der Waals surface area contributed by atoms with Gasteiger partial charge in [0.2, 0.25) is 8.87 Å². The summed E-state index contributed by atoms with van der Waals surface area (Å²) < 4.78 is 22.3. The topological polar surface area (TPSA) is 34.1 Å². The summed E-state index contributed by atoms with van der Waals surface area (Å²) in [7, 11) is -1.53. The van der Waals surface area contributed by atoms with Crippen molar-refractivity contribution in [1.82, 2.24) is 0 Å². The molecule has 0 bridgehead atoms. The molecule has 0 amide bonds. The van der Waals surface area contributed by atoms with Crippen LogP contribution in [0.25, 0.3) is 0 Å². The van der Waals surface area contributed by atoms with E-state index in [9.17, 15) is 8.42 Å². The molecule has 0 spiro atoms. The summed E-state index contributed by atoms with van der Waals surface area (Å²) in [6.45, 7) is 4.46. The molecule has 0 aliphatic carbocycles. The molecule has 0 aromatic carbocycles. The van der Waals surface area contributed by atoms with E-state index in [0.29, 0.717) is 11.0 Å². The van der Waals surface area contributed by atoms with Crippen LogP contribution in [-0.2, 0) is 8.87 Å². The van der Waals surface area contributed by atoms with E-state index in [2.05, 4.69) is 13.8 Å². The molecule has 4 heteroatoms. The first-order chi connectivity index (χ1) is 6.49. The van der Waals surface area contributed by atoms with E-state index in [1.807, 2.05) is 0 Å². The van der Waals surface area contributed by atoms with Crippen molar-refractivity contribution in [2.24, 2.45) is 5.92 Å². The Hall–Kier alpha value is 0.300. The van der Waals surface area contributed by atoms with Crippen LogP contribution >= 0.6 is 10.8 Å². The highest BCUT2D eigenvalue weighted by Gasteiger charge is 2.28. The van der Waals surface area contributed by atoms with Crippen LogP contribution in [-0.4, -0.2) is 19.4 Å². The highest BCUT2D eigenvalue weighted by atomic mass is 33.1. The first-order valence-electron chi connectivity index (χ1n) is 5.40. The Morgan fingerprint density at radius 3 is 2.57 bits per heavy atom. The highest BCUT2D eigenvalue weighted by Crippen LogP contribution is 2.34. The lowest BCUT2D eigenvalue weighted by Gasteiger charge is -2.07. The van der Waals surface area contributed by atoms with Crippen molar-refractivity contribution in [3.8, 4) is 0 Å². The molecule has 14 heavy (non-hydrogen) atoms. The predicted octanol–water partition coefficient (Wildman–Crippen LogP) is 3.04. The van der Waals surface area contributed by atoms with E-state index in [0.717, 1.165) is 18.8 Å². The van der Waals surface area contributed by atoms with Gasteiger partial charge in [-0.05, 0) is 29.6 Å². The van der Waals surface area contributed by atoms with Gasteiger partial charge in [0, 0.05) is 5.25 Å². The Bertz CT molecular complexity index is 257. The summed E-state index contributed by atoms with van der Waals surface area (Å²) in [4.78, 5) is 0. The molecule has 1 aliphatic rings. The van der Waals surface area contributed by atoms with Gasteiger partial charge in [-0.3, -0.25) is 0 Å². The maximum atomic E-state index is 11.1. The third kappa shape index (κ3) is 4.69. The van der Waals surface area contributed by atoms with Crippen LogP contribution in [0.15, 0.2) is 0 Å². The van der Waals surface area contributed by atoms with Crippen LogP contribution in [0, 0.1) is 5.92 Å². The van der Waals surface area contributed by atoms with Gasteiger partial charge < -0.3 is 0 Å². The fourth-order valence-electron chi connectivity index (χ4n) is 1.70. The quantitative estimate of drug-likeness (QED) is 0.543. The van der Waals surface area contributed by atoms with Crippen molar-refractivity contribution in [3.63, 3.8) is 0 Å². The molecule has 0 aromatic heterocycles. The van der Waals surface area contributed by atoms with Crippen LogP contribution < -0.4 is 0 Å². The van der Waals surface area contributed by atoms with Crippen molar-refractivity contribution in [2.75, 3.05) is 5.75 Å². The zero-order valence-corrected chi connectivity index (χ0v) is 10.7. The number of hydrogen-bond donors (Lipinski definition) is 0. The first-order valence-corrected chi connectivity index (χ1v) is 8.45. The third-order valence-corrected chi connectivity index (χ3v) is 6.50. The third-order valence-electron chi connectivity index (χ3n) is 2.53. The average molecular weight is 236 g/mol. The smallest absolute Gasteiger partial charge is 0.201 e. The molecule has 1 saturated heterocycles. The number of hydrogen-bond acceptors (Lipinski definition) is 3. The van der Waals surface area contributed by atoms with Gasteiger partial charge in [-0.25, -0.2) is 8.42 Å². The molecular weight excluding hydrogens is 216 g/mol. The Labute approximate surface area is 91.2 Å². The summed E-state index contributed by atoms with van der Waals surface area (Å²) in [6, 6.07) is 0. The Morgan fingerprint density at radius 2 is 2.07 bits per heavy atom. The fourth-order valence-corrected chi connectivity index (χ4v) is 5.81. The van der Waals surface area contributed by atoms with Crippen molar-refractivity contribution >= 4 is 19.7 Å². The van der Waals surface area contributed by atoms with E-state index < -0.39 is 8.87 Å². The van der Waals surface area contributed by atoms with Crippen molar-refractivity contribution in [2.45, 2.75) is 51.2 Å². The van der Waals surface area contributed by atoms with E-state index in [-0.39, 0.29) is 0 Å². The van der Waals surface area contributed by atoms with Crippen LogP contribution in [0.2, 0.25) is 0 Å². The zero-order valence-electron chi connectivity index (χ0n) is 9.03. The molecule has 1 heterocycles. The minimum absolute atomic E-state index is 0.382. The van der Waals surface area contributed by atoms with Crippen LogP contribution in [0.5, 0.6) is 0 Å². The summed E-state index contributed by atoms with van der Waals surface area (Å²) >= 11 is 0. The Balaban J connectivity index is 2.09. The van der Waals surface area contributed by atoms with E-state index in [1.54, 1.807) is 0 Å². The SMILES string of the molecule is CC(C)CCCC[C@H]1CCS(=O)(=O)S1. The second kappa shape index (κ2) is 5.40. The molecule has 1 aliphatic heterocycles. The lowest BCUT2D eigenvalue weighted by atomic mass is 10.0. The lowest BCUT2D eigenvalue weighted by molar-refractivity contribution is 0.522. The van der Waals surface area contributed by atoms with Gasteiger partial charge in [0.1, 0.15) is 0 Å². The molecule has 0 unspecified atom stereocenters. The van der Waals surface area contributed by atoms with Gasteiger partial charge in [0.25, 0.3) is 0 Å². The van der Waals surface area contributed by atoms with Crippen LogP contribution in [0.3, 0.4) is 0 Å². The van der Waals surface area contributed by atoms with E-state index >= 15 is 0 Å². The van der Waals surface area contributed by atoms with Gasteiger partial charge in [-0.15, -0.1) is 0 Å². The molecule has 0 aromatic rings. The predicted molar refractivity (Wildman–Crippen MR) is 63.1 cm³/mol. The normalized spacial score (nSPS) is 25.8. The standard InChI is InChI=1S/C10H20O2S2/c1-9(2)5-3-4-6-10-7-8-14(11,12)13-10/h9-10H,3-8H2,1-2H3/t10-/m0/s1. The van der Waals surface area contributed by atoms with E-state index in [4.69, 9.17) is 0 Å². The maximum Gasteiger partial charge on any atom is 0.201 e. The highest BCUT2D eigenvalue weighted by molar-refractivity contribution is 8.72. The molecular formula is C10H20O2S2. The van der Waals surface area contributed by atoms with Gasteiger partial charge in [0.15, 0.2) is 0 Å². The molecule has 84 valence electrons. The molecule has 1 fully saturated rings. The maximum absolute atomic E-state index is 11.1. The van der Waals surface area contributed by atoms with Gasteiger partial charge in [0.05, 0.1) is 5.75 Å². The van der Waals surface area contributed by atoms with Gasteiger partial charge in [-0.2, -0.15) is 0 Å². The van der Waals surface area contributed by atoms with Gasteiger partial charge in [-0.1, -0.05) is 33.1 Å². The number of rotatable bonds is 5. The number of unbranched alkanes of at least 4 members (excludes halogenated alkanes) is 1. The first kappa shape index (κ1) is 12.4. The summed E-state index contributed by atoms with van der Waals surface area (Å²) in [5.74, 6) is 1.17.